The molecule has 7 nitrogen and oxygen atoms in total. The van der Waals surface area contributed by atoms with E-state index < -0.39 is 28.3 Å². The normalized spacial score (nSPS) is 11.0. The van der Waals surface area contributed by atoms with E-state index in [1.165, 1.54) is 19.2 Å². The molecule has 0 saturated heterocycles. The first-order valence-corrected chi connectivity index (χ1v) is 10.4. The molecule has 0 fully saturated rings. The summed E-state index contributed by atoms with van der Waals surface area (Å²) in [4.78, 5) is 16.5. The highest BCUT2D eigenvalue weighted by Crippen LogP contribution is 2.25. The van der Waals surface area contributed by atoms with Gasteiger partial charge in [0.05, 0.1) is 29.9 Å². The number of rotatable bonds is 8. The van der Waals surface area contributed by atoms with Gasteiger partial charge in [-0.15, -0.1) is 0 Å². The lowest BCUT2D eigenvalue weighted by Gasteiger charge is -2.24. The molecule has 3 rings (SSSR count). The number of anilines is 1. The molecule has 30 heavy (non-hydrogen) atoms. The first kappa shape index (κ1) is 21.3. The van der Waals surface area contributed by atoms with Crippen LogP contribution in [0, 0.1) is 5.82 Å². The maximum atomic E-state index is 13.3. The second-order valence-electron chi connectivity index (χ2n) is 6.26. The molecule has 9 heteroatoms. The summed E-state index contributed by atoms with van der Waals surface area (Å²) in [5.74, 6) is -0.530. The fourth-order valence-corrected chi connectivity index (χ4v) is 4.10. The summed E-state index contributed by atoms with van der Waals surface area (Å²) in [5, 5.41) is 2.66. The van der Waals surface area contributed by atoms with Crippen LogP contribution in [0.4, 0.5) is 10.1 Å². The number of nitrogens with one attached hydrogen (secondary N) is 1. The maximum absolute atomic E-state index is 13.3. The second kappa shape index (κ2) is 9.36. The lowest BCUT2D eigenvalue weighted by Crippen LogP contribution is -2.40. The molecule has 0 bridgehead atoms. The number of sulfonamides is 1. The van der Waals surface area contributed by atoms with E-state index in [0.29, 0.717) is 11.4 Å². The van der Waals surface area contributed by atoms with Crippen LogP contribution in [0.15, 0.2) is 77.8 Å². The largest absolute Gasteiger partial charge is 0.497 e. The molecule has 1 amide bonds. The van der Waals surface area contributed by atoms with Crippen LogP contribution >= 0.6 is 0 Å². The van der Waals surface area contributed by atoms with Gasteiger partial charge >= 0.3 is 0 Å². The number of amides is 1. The average Bonchev–Trinajstić information content (AvgIpc) is 2.77. The summed E-state index contributed by atoms with van der Waals surface area (Å²) in [6.07, 6.45) is 1.60. The van der Waals surface area contributed by atoms with Crippen LogP contribution in [0.1, 0.15) is 5.69 Å². The van der Waals surface area contributed by atoms with E-state index in [-0.39, 0.29) is 17.1 Å². The molecular formula is C21H20FN3O4S. The monoisotopic (exact) mass is 429 g/mol. The zero-order valence-electron chi connectivity index (χ0n) is 16.2. The topological polar surface area (TPSA) is 88.6 Å². The molecule has 3 aromatic rings. The van der Waals surface area contributed by atoms with E-state index in [0.717, 1.165) is 28.6 Å². The SMILES string of the molecule is COc1ccc(N(CC(=O)NCc2ccccn2)S(=O)(=O)c2ccc(F)cc2)cc1. The van der Waals surface area contributed by atoms with Gasteiger partial charge in [0, 0.05) is 6.20 Å². The van der Waals surface area contributed by atoms with Crippen LogP contribution in [-0.4, -0.2) is 33.0 Å². The highest BCUT2D eigenvalue weighted by atomic mass is 32.2. The van der Waals surface area contributed by atoms with Gasteiger partial charge in [-0.2, -0.15) is 0 Å². The van der Waals surface area contributed by atoms with E-state index in [1.54, 1.807) is 36.5 Å². The molecule has 156 valence electrons. The average molecular weight is 429 g/mol. The van der Waals surface area contributed by atoms with Gasteiger partial charge in [0.2, 0.25) is 5.91 Å². The second-order valence-corrected chi connectivity index (χ2v) is 8.12. The predicted molar refractivity (Wildman–Crippen MR) is 110 cm³/mol. The molecule has 0 spiro atoms. The number of benzene rings is 2. The van der Waals surface area contributed by atoms with Gasteiger partial charge in [-0.25, -0.2) is 12.8 Å². The fourth-order valence-electron chi connectivity index (χ4n) is 2.68. The zero-order valence-corrected chi connectivity index (χ0v) is 17.0. The van der Waals surface area contributed by atoms with Crippen molar-refractivity contribution in [2.75, 3.05) is 18.0 Å². The summed E-state index contributed by atoms with van der Waals surface area (Å²) in [5.41, 5.74) is 0.913. The molecule has 0 aliphatic rings. The summed E-state index contributed by atoms with van der Waals surface area (Å²) >= 11 is 0. The van der Waals surface area contributed by atoms with Crippen LogP contribution in [0.5, 0.6) is 5.75 Å². The Labute approximate surface area is 174 Å². The lowest BCUT2D eigenvalue weighted by molar-refractivity contribution is -0.119. The van der Waals surface area contributed by atoms with E-state index >= 15 is 0 Å². The number of carbonyl (C=O) groups is 1. The molecule has 1 heterocycles. The number of carbonyl (C=O) groups excluding carboxylic acids is 1. The van der Waals surface area contributed by atoms with Crippen LogP contribution in [-0.2, 0) is 21.4 Å². The van der Waals surface area contributed by atoms with E-state index in [4.69, 9.17) is 4.74 Å². The molecular weight excluding hydrogens is 409 g/mol. The third kappa shape index (κ3) is 5.12. The molecule has 1 N–H and O–H groups in total. The summed E-state index contributed by atoms with van der Waals surface area (Å²) in [6, 6.07) is 16.0. The van der Waals surface area contributed by atoms with Crippen LogP contribution < -0.4 is 14.4 Å². The van der Waals surface area contributed by atoms with Crippen molar-refractivity contribution in [2.24, 2.45) is 0 Å². The summed E-state index contributed by atoms with van der Waals surface area (Å²) < 4.78 is 45.7. The Hall–Kier alpha value is -3.46. The number of aromatic nitrogens is 1. The van der Waals surface area contributed by atoms with Crippen molar-refractivity contribution in [1.29, 1.82) is 0 Å². The molecule has 0 unspecified atom stereocenters. The zero-order chi connectivity index (χ0) is 21.6. The van der Waals surface area contributed by atoms with Gasteiger partial charge in [0.1, 0.15) is 18.1 Å². The van der Waals surface area contributed by atoms with Gasteiger partial charge < -0.3 is 10.1 Å². The number of hydrogen-bond acceptors (Lipinski definition) is 5. The van der Waals surface area contributed by atoms with E-state index in [1.807, 2.05) is 0 Å². The van der Waals surface area contributed by atoms with Crippen molar-refractivity contribution in [1.82, 2.24) is 10.3 Å². The van der Waals surface area contributed by atoms with Gasteiger partial charge in [-0.1, -0.05) is 6.07 Å². The minimum absolute atomic E-state index is 0.128. The van der Waals surface area contributed by atoms with Crippen LogP contribution in [0.2, 0.25) is 0 Å². The standard InChI is InChI=1S/C21H20FN3O4S/c1-29-19-9-7-18(8-10-19)25(30(27,28)20-11-5-16(22)6-12-20)15-21(26)24-14-17-4-2-3-13-23-17/h2-13H,14-15H2,1H3,(H,24,26). The smallest absolute Gasteiger partial charge is 0.264 e. The molecule has 2 aromatic carbocycles. The quantitative estimate of drug-likeness (QED) is 0.595. The molecule has 0 aliphatic carbocycles. The summed E-state index contributed by atoms with van der Waals surface area (Å²) in [7, 11) is -2.63. The van der Waals surface area contributed by atoms with Gasteiger partial charge in [0.15, 0.2) is 0 Å². The highest BCUT2D eigenvalue weighted by molar-refractivity contribution is 7.92. The maximum Gasteiger partial charge on any atom is 0.264 e. The predicted octanol–water partition coefficient (Wildman–Crippen LogP) is 2.74. The number of methoxy groups -OCH3 is 1. The minimum Gasteiger partial charge on any atom is -0.497 e. The molecule has 0 atom stereocenters. The van der Waals surface area contributed by atoms with Gasteiger partial charge in [-0.3, -0.25) is 14.1 Å². The Bertz CT molecular complexity index is 1090. The van der Waals surface area contributed by atoms with Crippen LogP contribution in [0.25, 0.3) is 0 Å². The van der Waals surface area contributed by atoms with Crippen molar-refractivity contribution in [2.45, 2.75) is 11.4 Å². The number of nitrogens with zero attached hydrogens (tertiary/aromatic N) is 2. The van der Waals surface area contributed by atoms with E-state index in [9.17, 15) is 17.6 Å². The molecule has 1 aromatic heterocycles. The Balaban J connectivity index is 1.86. The van der Waals surface area contributed by atoms with Gasteiger partial charge in [0.25, 0.3) is 10.0 Å². The fraction of sp³-hybridized carbons (Fsp3) is 0.143. The molecule has 0 aliphatic heterocycles. The highest BCUT2D eigenvalue weighted by Gasteiger charge is 2.27. The van der Waals surface area contributed by atoms with Gasteiger partial charge in [-0.05, 0) is 60.7 Å². The number of halogens is 1. The number of hydrogen-bond donors (Lipinski definition) is 1. The van der Waals surface area contributed by atoms with Crippen molar-refractivity contribution >= 4 is 21.6 Å². The Morgan fingerprint density at radius 3 is 2.37 bits per heavy atom. The third-order valence-electron chi connectivity index (χ3n) is 4.24. The van der Waals surface area contributed by atoms with Crippen LogP contribution in [0.3, 0.4) is 0 Å². The Morgan fingerprint density at radius 1 is 1.07 bits per heavy atom. The first-order valence-electron chi connectivity index (χ1n) is 8.99. The molecule has 0 radical (unpaired) electrons. The first-order chi connectivity index (χ1) is 14.4. The molecule has 0 saturated carbocycles. The Morgan fingerprint density at radius 2 is 1.77 bits per heavy atom. The van der Waals surface area contributed by atoms with Crippen molar-refractivity contribution in [3.63, 3.8) is 0 Å². The number of ether oxygens (including phenoxy) is 1. The Kier molecular flexibility index (Phi) is 6.63. The lowest BCUT2D eigenvalue weighted by atomic mass is 10.3. The van der Waals surface area contributed by atoms with Crippen molar-refractivity contribution in [3.8, 4) is 5.75 Å². The van der Waals surface area contributed by atoms with Crippen molar-refractivity contribution < 1.29 is 22.3 Å². The third-order valence-corrected chi connectivity index (χ3v) is 6.03. The van der Waals surface area contributed by atoms with Crippen molar-refractivity contribution in [3.05, 3.63) is 84.4 Å². The minimum atomic E-state index is -4.12. The number of pyridine rings is 1. The van der Waals surface area contributed by atoms with E-state index in [2.05, 4.69) is 10.3 Å². The summed E-state index contributed by atoms with van der Waals surface area (Å²) in [6.45, 7) is -0.300.